The van der Waals surface area contributed by atoms with Crippen LogP contribution in [0.1, 0.15) is 6.92 Å². The molecule has 1 aromatic carbocycles. The molecule has 1 aliphatic heterocycles. The predicted molar refractivity (Wildman–Crippen MR) is 101 cm³/mol. The SMILES string of the molecule is COc1ccc(N(CC(=O)N2CCN(C(C)=O)CC2)S(C)(=O)=O)cc1OC. The molecule has 1 fully saturated rings. The van der Waals surface area contributed by atoms with Gasteiger partial charge in [-0.15, -0.1) is 0 Å². The van der Waals surface area contributed by atoms with E-state index in [9.17, 15) is 18.0 Å². The van der Waals surface area contributed by atoms with Gasteiger partial charge in [-0.05, 0) is 12.1 Å². The lowest BCUT2D eigenvalue weighted by atomic mass is 10.2. The van der Waals surface area contributed by atoms with Gasteiger partial charge in [-0.2, -0.15) is 0 Å². The topological polar surface area (TPSA) is 96.5 Å². The summed E-state index contributed by atoms with van der Waals surface area (Å²) < 4.78 is 36.0. The van der Waals surface area contributed by atoms with Crippen LogP contribution in [-0.4, -0.2) is 83.2 Å². The summed E-state index contributed by atoms with van der Waals surface area (Å²) in [5.41, 5.74) is 0.311. The van der Waals surface area contributed by atoms with Gasteiger partial charge in [0.2, 0.25) is 21.8 Å². The van der Waals surface area contributed by atoms with Crippen LogP contribution in [0, 0.1) is 0 Å². The fraction of sp³-hybridized carbons (Fsp3) is 0.529. The number of anilines is 1. The molecule has 1 aliphatic rings. The van der Waals surface area contributed by atoms with E-state index in [-0.39, 0.29) is 18.4 Å². The van der Waals surface area contributed by atoms with Crippen molar-refractivity contribution in [3.05, 3.63) is 18.2 Å². The Morgan fingerprint density at radius 1 is 1.04 bits per heavy atom. The summed E-state index contributed by atoms with van der Waals surface area (Å²) in [4.78, 5) is 27.3. The lowest BCUT2D eigenvalue weighted by Gasteiger charge is -2.35. The molecule has 2 amide bonds. The summed E-state index contributed by atoms with van der Waals surface area (Å²) in [5, 5.41) is 0. The van der Waals surface area contributed by atoms with Crippen molar-refractivity contribution in [1.29, 1.82) is 0 Å². The van der Waals surface area contributed by atoms with E-state index in [2.05, 4.69) is 0 Å². The van der Waals surface area contributed by atoms with Gasteiger partial charge < -0.3 is 19.3 Å². The Hall–Kier alpha value is -2.49. The minimum absolute atomic E-state index is 0.0369. The zero-order valence-electron chi connectivity index (χ0n) is 16.0. The largest absolute Gasteiger partial charge is 0.493 e. The first-order valence-electron chi connectivity index (χ1n) is 8.40. The van der Waals surface area contributed by atoms with E-state index in [1.165, 1.54) is 27.2 Å². The van der Waals surface area contributed by atoms with Crippen LogP contribution in [0.5, 0.6) is 11.5 Å². The summed E-state index contributed by atoms with van der Waals surface area (Å²) in [6.07, 6.45) is 1.05. The van der Waals surface area contributed by atoms with Gasteiger partial charge in [-0.1, -0.05) is 0 Å². The molecule has 150 valence electrons. The van der Waals surface area contributed by atoms with Gasteiger partial charge in [0.15, 0.2) is 11.5 Å². The summed E-state index contributed by atoms with van der Waals surface area (Å²) in [5.74, 6) is 0.469. The molecular weight excluding hydrogens is 374 g/mol. The minimum Gasteiger partial charge on any atom is -0.493 e. The van der Waals surface area contributed by atoms with E-state index in [1.54, 1.807) is 21.9 Å². The predicted octanol–water partition coefficient (Wildman–Crippen LogP) is 0.161. The Morgan fingerprint density at radius 2 is 1.59 bits per heavy atom. The second-order valence-electron chi connectivity index (χ2n) is 6.20. The number of carbonyl (C=O) groups is 2. The van der Waals surface area contributed by atoms with Crippen molar-refractivity contribution >= 4 is 27.5 Å². The van der Waals surface area contributed by atoms with E-state index < -0.39 is 10.0 Å². The van der Waals surface area contributed by atoms with Gasteiger partial charge in [0.05, 0.1) is 26.2 Å². The molecule has 1 aromatic rings. The fourth-order valence-electron chi connectivity index (χ4n) is 2.87. The number of methoxy groups -OCH3 is 2. The van der Waals surface area contributed by atoms with E-state index in [1.807, 2.05) is 0 Å². The average molecular weight is 399 g/mol. The molecule has 27 heavy (non-hydrogen) atoms. The highest BCUT2D eigenvalue weighted by Crippen LogP contribution is 2.32. The van der Waals surface area contributed by atoms with E-state index in [4.69, 9.17) is 9.47 Å². The van der Waals surface area contributed by atoms with Crippen LogP contribution >= 0.6 is 0 Å². The second-order valence-corrected chi connectivity index (χ2v) is 8.10. The Morgan fingerprint density at radius 3 is 2.07 bits per heavy atom. The summed E-state index contributed by atoms with van der Waals surface area (Å²) in [6.45, 7) is 2.80. The fourth-order valence-corrected chi connectivity index (χ4v) is 3.72. The van der Waals surface area contributed by atoms with Gasteiger partial charge in [-0.3, -0.25) is 13.9 Å². The normalized spacial score (nSPS) is 14.7. The van der Waals surface area contributed by atoms with Gasteiger partial charge in [0, 0.05) is 39.2 Å². The van der Waals surface area contributed by atoms with Crippen LogP contribution in [0.3, 0.4) is 0 Å². The molecule has 1 saturated heterocycles. The summed E-state index contributed by atoms with van der Waals surface area (Å²) in [7, 11) is -0.763. The zero-order chi connectivity index (χ0) is 20.2. The smallest absolute Gasteiger partial charge is 0.243 e. The average Bonchev–Trinajstić information content (AvgIpc) is 2.64. The number of nitrogens with zero attached hydrogens (tertiary/aromatic N) is 3. The number of sulfonamides is 1. The molecule has 1 heterocycles. The standard InChI is InChI=1S/C17H25N3O6S/c1-13(21)18-7-9-19(10-8-18)17(22)12-20(27(4,23)24)14-5-6-15(25-2)16(11-14)26-3/h5-6,11H,7-10,12H2,1-4H3. The molecule has 0 N–H and O–H groups in total. The van der Waals surface area contributed by atoms with Crippen molar-refractivity contribution in [2.75, 3.05) is 57.5 Å². The van der Waals surface area contributed by atoms with Crippen LogP contribution in [0.25, 0.3) is 0 Å². The second kappa shape index (κ2) is 8.47. The number of piperazine rings is 1. The highest BCUT2D eigenvalue weighted by Gasteiger charge is 2.27. The van der Waals surface area contributed by atoms with Crippen molar-refractivity contribution in [1.82, 2.24) is 9.80 Å². The van der Waals surface area contributed by atoms with Crippen molar-refractivity contribution in [2.24, 2.45) is 0 Å². The first-order chi connectivity index (χ1) is 12.7. The third kappa shape index (κ3) is 5.03. The molecule has 10 heteroatoms. The van der Waals surface area contributed by atoms with Crippen molar-refractivity contribution in [3.8, 4) is 11.5 Å². The third-order valence-electron chi connectivity index (χ3n) is 4.41. The molecule has 2 rings (SSSR count). The number of ether oxygens (including phenoxy) is 2. The van der Waals surface area contributed by atoms with Crippen LogP contribution < -0.4 is 13.8 Å². The molecule has 0 radical (unpaired) electrons. The van der Waals surface area contributed by atoms with Gasteiger partial charge in [0.25, 0.3) is 0 Å². The molecule has 0 aromatic heterocycles. The van der Waals surface area contributed by atoms with E-state index in [0.29, 0.717) is 43.4 Å². The lowest BCUT2D eigenvalue weighted by molar-refractivity contribution is -0.137. The van der Waals surface area contributed by atoms with Crippen molar-refractivity contribution < 1.29 is 27.5 Å². The molecule has 0 aliphatic carbocycles. The first kappa shape index (κ1) is 20.8. The Bertz CT molecular complexity index is 803. The highest BCUT2D eigenvalue weighted by atomic mass is 32.2. The van der Waals surface area contributed by atoms with Crippen molar-refractivity contribution in [3.63, 3.8) is 0 Å². The molecule has 0 unspecified atom stereocenters. The van der Waals surface area contributed by atoms with Crippen LogP contribution in [0.2, 0.25) is 0 Å². The van der Waals surface area contributed by atoms with Crippen LogP contribution in [0.15, 0.2) is 18.2 Å². The van der Waals surface area contributed by atoms with Gasteiger partial charge in [0.1, 0.15) is 6.54 Å². The lowest BCUT2D eigenvalue weighted by Crippen LogP contribution is -2.52. The number of rotatable bonds is 6. The maximum absolute atomic E-state index is 12.6. The van der Waals surface area contributed by atoms with Gasteiger partial charge >= 0.3 is 0 Å². The van der Waals surface area contributed by atoms with Crippen molar-refractivity contribution in [2.45, 2.75) is 6.92 Å². The molecule has 0 atom stereocenters. The maximum atomic E-state index is 12.6. The number of hydrogen-bond acceptors (Lipinski definition) is 6. The summed E-state index contributed by atoms with van der Waals surface area (Å²) >= 11 is 0. The zero-order valence-corrected chi connectivity index (χ0v) is 16.8. The summed E-state index contributed by atoms with van der Waals surface area (Å²) in [6, 6.07) is 4.66. The Kier molecular flexibility index (Phi) is 6.53. The molecular formula is C17H25N3O6S. The highest BCUT2D eigenvalue weighted by molar-refractivity contribution is 7.92. The van der Waals surface area contributed by atoms with E-state index in [0.717, 1.165) is 10.6 Å². The van der Waals surface area contributed by atoms with E-state index >= 15 is 0 Å². The number of carbonyl (C=O) groups excluding carboxylic acids is 2. The molecule has 0 saturated carbocycles. The quantitative estimate of drug-likeness (QED) is 0.676. The van der Waals surface area contributed by atoms with Crippen LogP contribution in [0.4, 0.5) is 5.69 Å². The van der Waals surface area contributed by atoms with Crippen LogP contribution in [-0.2, 0) is 19.6 Å². The minimum atomic E-state index is -3.70. The number of hydrogen-bond donors (Lipinski definition) is 0. The molecule has 0 bridgehead atoms. The Balaban J connectivity index is 2.19. The van der Waals surface area contributed by atoms with Gasteiger partial charge in [-0.25, -0.2) is 8.42 Å². The molecule has 9 nitrogen and oxygen atoms in total. The number of benzene rings is 1. The third-order valence-corrected chi connectivity index (χ3v) is 5.55. The maximum Gasteiger partial charge on any atom is 0.243 e. The Labute approximate surface area is 159 Å². The number of amides is 2. The first-order valence-corrected chi connectivity index (χ1v) is 10.2. The molecule has 0 spiro atoms. The monoisotopic (exact) mass is 399 g/mol.